The van der Waals surface area contributed by atoms with E-state index in [0.717, 1.165) is 0 Å². The van der Waals surface area contributed by atoms with Gasteiger partial charge in [-0.1, -0.05) is 18.2 Å². The van der Waals surface area contributed by atoms with Crippen LogP contribution in [0.25, 0.3) is 0 Å². The molecule has 2 amide bonds. The number of hydrogen-bond acceptors (Lipinski definition) is 7. The monoisotopic (exact) mass is 439 g/mol. The number of methoxy groups -OCH3 is 1. The maximum absolute atomic E-state index is 13.0. The van der Waals surface area contributed by atoms with E-state index in [1.807, 2.05) is 6.92 Å². The minimum atomic E-state index is -0.657. The first-order chi connectivity index (χ1) is 15.5. The summed E-state index contributed by atoms with van der Waals surface area (Å²) in [6.45, 7) is 2.21. The number of β-amino-alcohol motifs (C(OH)–C–C–N with tert-alkyl or cyclic N) is 1. The molecule has 0 saturated heterocycles. The number of esters is 1. The van der Waals surface area contributed by atoms with Gasteiger partial charge in [0.25, 0.3) is 11.8 Å². The smallest absolute Gasteiger partial charge is 0.337 e. The Kier molecular flexibility index (Phi) is 7.45. The number of anilines is 2. The van der Waals surface area contributed by atoms with Crippen LogP contribution in [-0.2, 0) is 14.3 Å². The average Bonchev–Trinajstić information content (AvgIpc) is 3.09. The van der Waals surface area contributed by atoms with E-state index >= 15 is 0 Å². The van der Waals surface area contributed by atoms with Gasteiger partial charge in [-0.05, 0) is 31.2 Å². The maximum Gasteiger partial charge on any atom is 0.337 e. The highest BCUT2D eigenvalue weighted by molar-refractivity contribution is 6.11. The molecule has 0 aromatic heterocycles. The first-order valence-electron chi connectivity index (χ1n) is 10.1. The molecule has 2 aromatic carbocycles. The van der Waals surface area contributed by atoms with Crippen LogP contribution in [0.4, 0.5) is 11.4 Å². The Morgan fingerprint density at radius 1 is 1.16 bits per heavy atom. The predicted molar refractivity (Wildman–Crippen MR) is 118 cm³/mol. The van der Waals surface area contributed by atoms with Crippen LogP contribution in [0.1, 0.15) is 17.3 Å². The van der Waals surface area contributed by atoms with Crippen molar-refractivity contribution >= 4 is 29.2 Å². The van der Waals surface area contributed by atoms with Gasteiger partial charge in [0, 0.05) is 18.3 Å². The Labute approximate surface area is 185 Å². The summed E-state index contributed by atoms with van der Waals surface area (Å²) in [5, 5.41) is 14.9. The zero-order chi connectivity index (χ0) is 23.1. The number of hydrogen-bond donors (Lipinski definition) is 3. The van der Waals surface area contributed by atoms with Crippen molar-refractivity contribution in [2.24, 2.45) is 0 Å². The SMILES string of the molecule is CCOc1cccc(NC(=O)c2ccccc2NC2=C(C(=O)OC)CN(CCO)C2=O)c1. The lowest BCUT2D eigenvalue weighted by Crippen LogP contribution is -2.31. The Morgan fingerprint density at radius 2 is 1.94 bits per heavy atom. The average molecular weight is 439 g/mol. The first-order valence-corrected chi connectivity index (χ1v) is 10.1. The third-order valence-electron chi connectivity index (χ3n) is 4.79. The number of aliphatic hydroxyl groups is 1. The van der Waals surface area contributed by atoms with E-state index in [4.69, 9.17) is 9.47 Å². The molecular weight excluding hydrogens is 414 g/mol. The molecule has 2 aromatic rings. The normalized spacial score (nSPS) is 13.2. The molecule has 32 heavy (non-hydrogen) atoms. The molecule has 0 bridgehead atoms. The second kappa shape index (κ2) is 10.5. The molecule has 0 unspecified atom stereocenters. The van der Waals surface area contributed by atoms with Gasteiger partial charge in [-0.2, -0.15) is 0 Å². The van der Waals surface area contributed by atoms with Crippen LogP contribution < -0.4 is 15.4 Å². The lowest BCUT2D eigenvalue weighted by atomic mass is 10.1. The largest absolute Gasteiger partial charge is 0.494 e. The van der Waals surface area contributed by atoms with E-state index in [1.54, 1.807) is 48.5 Å². The van der Waals surface area contributed by atoms with E-state index in [1.165, 1.54) is 12.0 Å². The van der Waals surface area contributed by atoms with Crippen LogP contribution in [0, 0.1) is 0 Å². The van der Waals surface area contributed by atoms with Gasteiger partial charge in [-0.25, -0.2) is 4.79 Å². The van der Waals surface area contributed by atoms with E-state index in [0.29, 0.717) is 23.7 Å². The summed E-state index contributed by atoms with van der Waals surface area (Å²) < 4.78 is 10.3. The first kappa shape index (κ1) is 22.8. The van der Waals surface area contributed by atoms with Crippen molar-refractivity contribution in [3.63, 3.8) is 0 Å². The summed E-state index contributed by atoms with van der Waals surface area (Å²) >= 11 is 0. The maximum atomic E-state index is 13.0. The molecule has 1 aliphatic rings. The highest BCUT2D eigenvalue weighted by Crippen LogP contribution is 2.26. The third kappa shape index (κ3) is 5.06. The number of nitrogens with zero attached hydrogens (tertiary/aromatic N) is 1. The fourth-order valence-electron chi connectivity index (χ4n) is 3.30. The van der Waals surface area contributed by atoms with Crippen LogP contribution in [-0.4, -0.2) is 61.2 Å². The lowest BCUT2D eigenvalue weighted by molar-refractivity contribution is -0.136. The van der Waals surface area contributed by atoms with Crippen LogP contribution in [0.2, 0.25) is 0 Å². The van der Waals surface area contributed by atoms with Crippen molar-refractivity contribution in [2.75, 3.05) is 44.0 Å². The molecule has 1 aliphatic heterocycles. The second-order valence-corrected chi connectivity index (χ2v) is 6.88. The van der Waals surface area contributed by atoms with Crippen molar-refractivity contribution < 1.29 is 29.0 Å². The molecule has 9 nitrogen and oxygen atoms in total. The second-order valence-electron chi connectivity index (χ2n) is 6.88. The number of benzene rings is 2. The van der Waals surface area contributed by atoms with E-state index in [9.17, 15) is 19.5 Å². The van der Waals surface area contributed by atoms with Gasteiger partial charge in [0.2, 0.25) is 0 Å². The van der Waals surface area contributed by atoms with Gasteiger partial charge in [-0.15, -0.1) is 0 Å². The Hall–Kier alpha value is -3.85. The highest BCUT2D eigenvalue weighted by Gasteiger charge is 2.34. The minimum Gasteiger partial charge on any atom is -0.494 e. The molecule has 1 heterocycles. The van der Waals surface area contributed by atoms with Gasteiger partial charge in [0.05, 0.1) is 43.7 Å². The number of amides is 2. The van der Waals surface area contributed by atoms with E-state index < -0.39 is 17.8 Å². The van der Waals surface area contributed by atoms with Crippen LogP contribution in [0.5, 0.6) is 5.75 Å². The van der Waals surface area contributed by atoms with Gasteiger partial charge in [0.1, 0.15) is 11.4 Å². The lowest BCUT2D eigenvalue weighted by Gasteiger charge is -2.16. The fourth-order valence-corrected chi connectivity index (χ4v) is 3.30. The van der Waals surface area contributed by atoms with Crippen molar-refractivity contribution in [3.05, 3.63) is 65.4 Å². The van der Waals surface area contributed by atoms with Crippen molar-refractivity contribution in [2.45, 2.75) is 6.92 Å². The van der Waals surface area contributed by atoms with Gasteiger partial charge < -0.3 is 30.1 Å². The molecule has 0 atom stereocenters. The molecule has 0 spiro atoms. The zero-order valence-electron chi connectivity index (χ0n) is 17.9. The number of nitrogens with one attached hydrogen (secondary N) is 2. The third-order valence-corrected chi connectivity index (χ3v) is 4.79. The van der Waals surface area contributed by atoms with E-state index in [-0.39, 0.29) is 36.5 Å². The Bertz CT molecular complexity index is 1050. The van der Waals surface area contributed by atoms with Gasteiger partial charge >= 0.3 is 5.97 Å². The van der Waals surface area contributed by atoms with Crippen molar-refractivity contribution in [3.8, 4) is 5.75 Å². The van der Waals surface area contributed by atoms with Gasteiger partial charge in [-0.3, -0.25) is 9.59 Å². The fraction of sp³-hybridized carbons (Fsp3) is 0.261. The quantitative estimate of drug-likeness (QED) is 0.512. The summed E-state index contributed by atoms with van der Waals surface area (Å²) in [5.41, 5.74) is 1.33. The summed E-state index contributed by atoms with van der Waals surface area (Å²) in [6, 6.07) is 13.6. The molecule has 0 aliphatic carbocycles. The Balaban J connectivity index is 1.87. The molecule has 3 rings (SSSR count). The zero-order valence-corrected chi connectivity index (χ0v) is 17.9. The molecule has 0 fully saturated rings. The molecule has 3 N–H and O–H groups in total. The summed E-state index contributed by atoms with van der Waals surface area (Å²) in [4.78, 5) is 39.3. The van der Waals surface area contributed by atoms with Crippen LogP contribution in [0.15, 0.2) is 59.8 Å². The molecular formula is C23H25N3O6. The van der Waals surface area contributed by atoms with Crippen molar-refractivity contribution in [1.82, 2.24) is 4.90 Å². The topological polar surface area (TPSA) is 117 Å². The van der Waals surface area contributed by atoms with Crippen LogP contribution >= 0.6 is 0 Å². The number of carbonyl (C=O) groups excluding carboxylic acids is 3. The summed E-state index contributed by atoms with van der Waals surface area (Å²) in [5.74, 6) is -0.889. The minimum absolute atomic E-state index is 0.00693. The number of rotatable bonds is 9. The van der Waals surface area contributed by atoms with Crippen molar-refractivity contribution in [1.29, 1.82) is 0 Å². The number of para-hydroxylation sites is 1. The van der Waals surface area contributed by atoms with Gasteiger partial charge in [0.15, 0.2) is 0 Å². The Morgan fingerprint density at radius 3 is 2.66 bits per heavy atom. The summed E-state index contributed by atoms with van der Waals surface area (Å²) in [7, 11) is 1.23. The number of aliphatic hydroxyl groups excluding tert-OH is 1. The number of ether oxygens (including phenoxy) is 2. The highest BCUT2D eigenvalue weighted by atomic mass is 16.5. The predicted octanol–water partition coefficient (Wildman–Crippen LogP) is 2.01. The standard InChI is InChI=1S/C23H25N3O6/c1-3-32-16-8-6-7-15(13-16)24-21(28)17-9-4-5-10-19(17)25-20-18(23(30)31-2)14-26(11-12-27)22(20)29/h4-10,13,25,27H,3,11-12,14H2,1-2H3,(H,24,28). The van der Waals surface area contributed by atoms with Crippen LogP contribution in [0.3, 0.4) is 0 Å². The molecule has 9 heteroatoms. The van der Waals surface area contributed by atoms with E-state index in [2.05, 4.69) is 10.6 Å². The molecule has 0 saturated carbocycles. The molecule has 168 valence electrons. The molecule has 0 radical (unpaired) electrons. The number of carbonyl (C=O) groups is 3. The summed E-state index contributed by atoms with van der Waals surface area (Å²) in [6.07, 6.45) is 0.